The average molecular weight is 851 g/mol. The predicted molar refractivity (Wildman–Crippen MR) is 205 cm³/mol. The number of nitrogens with zero attached hydrogens (tertiary/aromatic N) is 3. The van der Waals surface area contributed by atoms with Crippen molar-refractivity contribution in [1.29, 1.82) is 0 Å². The second kappa shape index (κ2) is 11.6. The summed E-state index contributed by atoms with van der Waals surface area (Å²) in [6.45, 7) is 0. The van der Waals surface area contributed by atoms with E-state index in [1.54, 1.807) is 0 Å². The zero-order valence-electron chi connectivity index (χ0n) is 28.3. The van der Waals surface area contributed by atoms with E-state index in [-0.39, 0.29) is 43.8 Å². The van der Waals surface area contributed by atoms with Crippen LogP contribution in [0.1, 0.15) is 91.2 Å². The van der Waals surface area contributed by atoms with E-state index in [0.29, 0.717) is 0 Å². The quantitative estimate of drug-likeness (QED) is 0.143. The van der Waals surface area contributed by atoms with Gasteiger partial charge in [0.15, 0.2) is 0 Å². The molecular weight excluding hydrogens is 823 g/mol. The monoisotopic (exact) mass is 851 g/mol. The molecule has 53 heavy (non-hydrogen) atoms. The average Bonchev–Trinajstić information content (AvgIpc) is 3.18. The first-order chi connectivity index (χ1) is 25.7. The van der Waals surface area contributed by atoms with Crippen molar-refractivity contribution >= 4 is 32.3 Å². The molecule has 6 aromatic carbocycles. The zero-order valence-corrected chi connectivity index (χ0v) is 30.7. The molecule has 4 aliphatic heterocycles. The summed E-state index contributed by atoms with van der Waals surface area (Å²) < 4.78 is 0. The van der Waals surface area contributed by atoms with Crippen LogP contribution in [0, 0.1) is 18.2 Å². The van der Waals surface area contributed by atoms with Crippen LogP contribution >= 0.6 is 0 Å². The predicted octanol–water partition coefficient (Wildman–Crippen LogP) is 10.4. The molecular formula is C49H28IrN3. The fourth-order valence-corrected chi connectivity index (χ4v) is 9.25. The Labute approximate surface area is 320 Å². The summed E-state index contributed by atoms with van der Waals surface area (Å²) in [5.74, 6) is -0.961. The Kier molecular flexibility index (Phi) is 6.74. The maximum atomic E-state index is 5.55. The van der Waals surface area contributed by atoms with Gasteiger partial charge in [-0.1, -0.05) is 72.8 Å². The molecule has 0 amide bonds. The largest absolute Gasteiger partial charge is 3.00 e. The molecule has 7 heterocycles. The first kappa shape index (κ1) is 30.8. The van der Waals surface area contributed by atoms with Crippen molar-refractivity contribution in [3.05, 3.63) is 231 Å². The maximum Gasteiger partial charge on any atom is 3.00 e. The summed E-state index contributed by atoms with van der Waals surface area (Å²) in [7, 11) is 0. The number of rotatable bonds is 0. The van der Waals surface area contributed by atoms with Gasteiger partial charge in [-0.2, -0.15) is 36.4 Å². The second-order valence-electron chi connectivity index (χ2n) is 14.4. The van der Waals surface area contributed by atoms with Gasteiger partial charge in [-0.3, -0.25) is 15.0 Å². The molecule has 4 heteroatoms. The van der Waals surface area contributed by atoms with Crippen LogP contribution in [0.2, 0.25) is 0 Å². The van der Waals surface area contributed by atoms with Crippen LogP contribution in [0.4, 0.5) is 0 Å². The van der Waals surface area contributed by atoms with Crippen LogP contribution in [0.15, 0.2) is 146 Å². The van der Waals surface area contributed by atoms with Gasteiger partial charge in [0.25, 0.3) is 0 Å². The van der Waals surface area contributed by atoms with E-state index < -0.39 is 0 Å². The van der Waals surface area contributed by atoms with Gasteiger partial charge in [0.1, 0.15) is 0 Å². The van der Waals surface area contributed by atoms with Crippen molar-refractivity contribution in [2.24, 2.45) is 0 Å². The Morgan fingerprint density at radius 1 is 0.321 bits per heavy atom. The fraction of sp³-hybridized carbons (Fsp3) is 0.0816. The second-order valence-corrected chi connectivity index (χ2v) is 14.4. The summed E-state index contributed by atoms with van der Waals surface area (Å²) in [6, 6.07) is 64.9. The van der Waals surface area contributed by atoms with Crippen LogP contribution in [-0.4, -0.2) is 15.0 Å². The van der Waals surface area contributed by atoms with E-state index in [4.69, 9.17) is 15.0 Å². The molecule has 0 N–H and O–H groups in total. The van der Waals surface area contributed by atoms with Crippen LogP contribution < -0.4 is 0 Å². The molecule has 3 aromatic heterocycles. The molecule has 3 nitrogen and oxygen atoms in total. The molecule has 16 bridgehead atoms. The molecule has 0 atom stereocenters. The molecule has 0 fully saturated rings. The van der Waals surface area contributed by atoms with E-state index in [9.17, 15) is 0 Å². The maximum absolute atomic E-state index is 5.55. The zero-order chi connectivity index (χ0) is 33.9. The minimum atomic E-state index is -0.243. The van der Waals surface area contributed by atoms with Crippen molar-refractivity contribution in [2.45, 2.75) is 23.7 Å². The molecule has 0 unspecified atom stereocenters. The van der Waals surface area contributed by atoms with E-state index >= 15 is 0 Å². The molecule has 9 aromatic rings. The van der Waals surface area contributed by atoms with Gasteiger partial charge in [-0.15, -0.1) is 83.9 Å². The standard InChI is InChI=1S/C49H28N3.Ir/c1-4-13-34-28(10-1)22-31-25-37(34)49-38-26-32(23-29-11-2-5-14-35(29)38)47-42-18-7-16-40(50-42)46(31)41-17-8-19-43(51-41)48(45-21-9-20-44(47)52-45)33-24-30-12-3-6-15-36(30)39(49)27-33;/h1-24,46-49H;/q-3;+3. The van der Waals surface area contributed by atoms with Gasteiger partial charge in [-0.25, -0.2) is 0 Å². The van der Waals surface area contributed by atoms with Gasteiger partial charge in [0.2, 0.25) is 0 Å². The molecule has 4 aliphatic rings. The summed E-state index contributed by atoms with van der Waals surface area (Å²) in [4.78, 5) is 16.6. The van der Waals surface area contributed by atoms with E-state index in [1.165, 1.54) is 32.3 Å². The van der Waals surface area contributed by atoms with Gasteiger partial charge in [0.05, 0.1) is 34.2 Å². The Balaban J connectivity index is 0.00000331. The minimum absolute atomic E-state index is 0. The summed E-state index contributed by atoms with van der Waals surface area (Å²) in [6.07, 6.45) is 0. The third-order valence-corrected chi connectivity index (χ3v) is 11.5. The molecule has 0 aliphatic carbocycles. The van der Waals surface area contributed by atoms with Crippen LogP contribution in [0.5, 0.6) is 0 Å². The van der Waals surface area contributed by atoms with Gasteiger partial charge in [-0.05, 0) is 42.3 Å². The molecule has 248 valence electrons. The Bertz CT molecular complexity index is 2590. The van der Waals surface area contributed by atoms with Crippen molar-refractivity contribution in [3.63, 3.8) is 0 Å². The summed E-state index contributed by atoms with van der Waals surface area (Å²) in [5, 5.41) is 7.01. The van der Waals surface area contributed by atoms with Crippen LogP contribution in [0.3, 0.4) is 0 Å². The van der Waals surface area contributed by atoms with Gasteiger partial charge >= 0.3 is 20.1 Å². The van der Waals surface area contributed by atoms with Crippen LogP contribution in [-0.2, 0) is 20.1 Å². The number of hydrogen-bond acceptors (Lipinski definition) is 3. The van der Waals surface area contributed by atoms with Crippen LogP contribution in [0.25, 0.3) is 32.3 Å². The van der Waals surface area contributed by atoms with Crippen molar-refractivity contribution in [2.75, 3.05) is 0 Å². The molecule has 0 radical (unpaired) electrons. The minimum Gasteiger partial charge on any atom is -0.256 e. The Morgan fingerprint density at radius 2 is 0.604 bits per heavy atom. The normalized spacial score (nSPS) is 18.8. The number of benzene rings is 6. The van der Waals surface area contributed by atoms with Crippen molar-refractivity contribution in [1.82, 2.24) is 15.0 Å². The van der Waals surface area contributed by atoms with Gasteiger partial charge < -0.3 is 0 Å². The number of hydrogen-bond donors (Lipinski definition) is 0. The fourth-order valence-electron chi connectivity index (χ4n) is 9.25. The topological polar surface area (TPSA) is 38.7 Å². The first-order valence-electron chi connectivity index (χ1n) is 18.0. The summed E-state index contributed by atoms with van der Waals surface area (Å²) in [5.41, 5.74) is 12.2. The molecule has 0 saturated heterocycles. The SMILES string of the molecule is [Ir+3].[c-]1c2cc3ccccc3c1C1c3[c-]c(cc4ccccc34)C3c4cccc(n4)C2c2cccc(n2)C(c2[c-]c1c1ccccc1c2)c1cccc3n1. The summed E-state index contributed by atoms with van der Waals surface area (Å²) >= 11 is 0. The number of aromatic nitrogens is 3. The van der Waals surface area contributed by atoms with Crippen molar-refractivity contribution in [3.8, 4) is 0 Å². The number of pyridine rings is 3. The Hall–Kier alpha value is -5.80. The molecule has 13 rings (SSSR count). The third-order valence-electron chi connectivity index (χ3n) is 11.5. The molecule has 0 spiro atoms. The third kappa shape index (κ3) is 4.53. The smallest absolute Gasteiger partial charge is 0.256 e. The van der Waals surface area contributed by atoms with Gasteiger partial charge in [0, 0.05) is 17.8 Å². The first-order valence-corrected chi connectivity index (χ1v) is 18.0. The van der Waals surface area contributed by atoms with E-state index in [0.717, 1.165) is 67.5 Å². The van der Waals surface area contributed by atoms with E-state index in [2.05, 4.69) is 164 Å². The van der Waals surface area contributed by atoms with E-state index in [1.807, 2.05) is 0 Å². The molecule has 0 saturated carbocycles. The number of fused-ring (bicyclic) bond motifs is 3. The van der Waals surface area contributed by atoms with Crippen molar-refractivity contribution < 1.29 is 20.1 Å². The Morgan fingerprint density at radius 3 is 0.906 bits per heavy atom.